The maximum absolute atomic E-state index is 13.2. The van der Waals surface area contributed by atoms with Crippen molar-refractivity contribution in [2.75, 3.05) is 6.54 Å². The van der Waals surface area contributed by atoms with E-state index in [1.807, 2.05) is 45.9 Å². The van der Waals surface area contributed by atoms with Gasteiger partial charge in [-0.25, -0.2) is 0 Å². The van der Waals surface area contributed by atoms with Gasteiger partial charge in [-0.3, -0.25) is 9.59 Å². The predicted octanol–water partition coefficient (Wildman–Crippen LogP) is 5.29. The van der Waals surface area contributed by atoms with Crippen molar-refractivity contribution in [1.82, 2.24) is 10.2 Å². The molecular weight excluding hydrogens is 396 g/mol. The molecule has 0 bridgehead atoms. The van der Waals surface area contributed by atoms with Crippen LogP contribution in [0.15, 0.2) is 54.6 Å². The van der Waals surface area contributed by atoms with Crippen molar-refractivity contribution in [2.24, 2.45) is 0 Å². The number of hydrogen-bond acceptors (Lipinski definition) is 2. The molecule has 0 fully saturated rings. The average Bonchev–Trinajstić information content (AvgIpc) is 2.71. The van der Waals surface area contributed by atoms with Gasteiger partial charge in [0.2, 0.25) is 11.8 Å². The van der Waals surface area contributed by atoms with Gasteiger partial charge in [-0.2, -0.15) is 0 Å². The van der Waals surface area contributed by atoms with Crippen LogP contribution in [0.2, 0.25) is 0 Å². The van der Waals surface area contributed by atoms with Crippen LogP contribution in [-0.4, -0.2) is 34.8 Å². The second-order valence-electron chi connectivity index (χ2n) is 10.7. The minimum atomic E-state index is -0.520. The van der Waals surface area contributed by atoms with E-state index < -0.39 is 6.04 Å². The van der Waals surface area contributed by atoms with Crippen molar-refractivity contribution < 1.29 is 9.59 Å². The van der Waals surface area contributed by atoms with Crippen molar-refractivity contribution in [2.45, 2.75) is 84.7 Å². The Bertz CT molecular complexity index is 874. The van der Waals surface area contributed by atoms with Gasteiger partial charge in [0.05, 0.1) is 0 Å². The molecular formula is C28H40N2O2. The molecule has 2 amide bonds. The lowest BCUT2D eigenvalue weighted by molar-refractivity contribution is -0.140. The summed E-state index contributed by atoms with van der Waals surface area (Å²) in [4.78, 5) is 27.8. The van der Waals surface area contributed by atoms with Crippen LogP contribution in [0.4, 0.5) is 0 Å². The molecule has 0 aliphatic carbocycles. The molecule has 4 heteroatoms. The lowest BCUT2D eigenvalue weighted by atomic mass is 9.86. The summed E-state index contributed by atoms with van der Waals surface area (Å²) in [5.74, 6) is -0.106. The lowest BCUT2D eigenvalue weighted by Gasteiger charge is -2.31. The molecule has 2 aromatic rings. The molecule has 0 aromatic heterocycles. The number of carbonyl (C=O) groups is 2. The molecule has 0 radical (unpaired) electrons. The van der Waals surface area contributed by atoms with E-state index in [2.05, 4.69) is 62.5 Å². The summed E-state index contributed by atoms with van der Waals surface area (Å²) < 4.78 is 0. The first-order valence-electron chi connectivity index (χ1n) is 11.6. The summed E-state index contributed by atoms with van der Waals surface area (Å²) in [6.45, 7) is 14.8. The number of amides is 2. The Labute approximate surface area is 194 Å². The first-order valence-corrected chi connectivity index (χ1v) is 11.6. The highest BCUT2D eigenvalue weighted by Crippen LogP contribution is 2.22. The monoisotopic (exact) mass is 436 g/mol. The molecule has 32 heavy (non-hydrogen) atoms. The summed E-state index contributed by atoms with van der Waals surface area (Å²) in [6, 6.07) is 18.1. The molecule has 0 spiro atoms. The summed E-state index contributed by atoms with van der Waals surface area (Å²) in [7, 11) is 0. The number of hydrogen-bond donors (Lipinski definition) is 1. The Balaban J connectivity index is 2.09. The number of nitrogens with one attached hydrogen (secondary N) is 1. The van der Waals surface area contributed by atoms with E-state index in [1.54, 1.807) is 4.90 Å². The van der Waals surface area contributed by atoms with Crippen molar-refractivity contribution in [1.29, 1.82) is 0 Å². The smallest absolute Gasteiger partial charge is 0.242 e. The molecule has 2 aromatic carbocycles. The van der Waals surface area contributed by atoms with Gasteiger partial charge in [-0.05, 0) is 62.6 Å². The van der Waals surface area contributed by atoms with Crippen LogP contribution in [0.5, 0.6) is 0 Å². The minimum Gasteiger partial charge on any atom is -0.350 e. The second-order valence-corrected chi connectivity index (χ2v) is 10.7. The third-order valence-corrected chi connectivity index (χ3v) is 5.60. The van der Waals surface area contributed by atoms with Crippen molar-refractivity contribution in [3.63, 3.8) is 0 Å². The highest BCUT2D eigenvalue weighted by molar-refractivity contribution is 5.87. The first kappa shape index (κ1) is 25.6. The second kappa shape index (κ2) is 10.8. The van der Waals surface area contributed by atoms with Crippen LogP contribution in [0, 0.1) is 0 Å². The molecule has 0 aliphatic heterocycles. The standard InChI is InChI=1S/C28H40N2O2/c1-21(26(32)29-28(5,6)7)30(20-19-22-11-9-8-10-12-22)25(31)18-15-23-13-16-24(17-14-23)27(2,3)4/h8-14,16-17,21H,15,18-20H2,1-7H3,(H,29,32)/t21-/m0/s1. The van der Waals surface area contributed by atoms with Gasteiger partial charge in [0.1, 0.15) is 6.04 Å². The summed E-state index contributed by atoms with van der Waals surface area (Å²) in [5, 5.41) is 3.01. The van der Waals surface area contributed by atoms with Gasteiger partial charge in [0, 0.05) is 18.5 Å². The van der Waals surface area contributed by atoms with E-state index >= 15 is 0 Å². The van der Waals surface area contributed by atoms with Gasteiger partial charge >= 0.3 is 0 Å². The van der Waals surface area contributed by atoms with E-state index in [0.717, 1.165) is 17.5 Å². The molecule has 2 rings (SSSR count). The van der Waals surface area contributed by atoms with E-state index in [-0.39, 0.29) is 22.8 Å². The topological polar surface area (TPSA) is 49.4 Å². The van der Waals surface area contributed by atoms with Gasteiger partial charge in [0.25, 0.3) is 0 Å². The molecule has 4 nitrogen and oxygen atoms in total. The van der Waals surface area contributed by atoms with E-state index in [0.29, 0.717) is 19.4 Å². The number of rotatable bonds is 8. The van der Waals surface area contributed by atoms with Crippen molar-refractivity contribution in [3.8, 4) is 0 Å². The zero-order valence-corrected chi connectivity index (χ0v) is 20.9. The third-order valence-electron chi connectivity index (χ3n) is 5.60. The average molecular weight is 437 g/mol. The molecule has 0 saturated heterocycles. The fourth-order valence-corrected chi connectivity index (χ4v) is 3.61. The van der Waals surface area contributed by atoms with Gasteiger partial charge in [-0.15, -0.1) is 0 Å². The lowest BCUT2D eigenvalue weighted by Crippen LogP contribution is -2.53. The summed E-state index contributed by atoms with van der Waals surface area (Å²) in [6.07, 6.45) is 1.77. The fourth-order valence-electron chi connectivity index (χ4n) is 3.61. The Hall–Kier alpha value is -2.62. The van der Waals surface area contributed by atoms with E-state index in [4.69, 9.17) is 0 Å². The largest absolute Gasteiger partial charge is 0.350 e. The van der Waals surface area contributed by atoms with Crippen LogP contribution in [0.25, 0.3) is 0 Å². The van der Waals surface area contributed by atoms with Gasteiger partial charge in [0.15, 0.2) is 0 Å². The Morgan fingerprint density at radius 3 is 1.94 bits per heavy atom. The zero-order chi connectivity index (χ0) is 23.9. The van der Waals surface area contributed by atoms with Crippen LogP contribution in [0.1, 0.15) is 71.6 Å². The quantitative estimate of drug-likeness (QED) is 0.611. The Morgan fingerprint density at radius 2 is 1.41 bits per heavy atom. The number of nitrogens with zero attached hydrogens (tertiary/aromatic N) is 1. The Morgan fingerprint density at radius 1 is 0.844 bits per heavy atom. The molecule has 174 valence electrons. The van der Waals surface area contributed by atoms with Gasteiger partial charge in [-0.1, -0.05) is 75.4 Å². The van der Waals surface area contributed by atoms with Crippen molar-refractivity contribution in [3.05, 3.63) is 71.3 Å². The van der Waals surface area contributed by atoms with Crippen LogP contribution in [0.3, 0.4) is 0 Å². The first-order chi connectivity index (χ1) is 14.9. The van der Waals surface area contributed by atoms with Crippen LogP contribution < -0.4 is 5.32 Å². The normalized spacial score (nSPS) is 12.8. The molecule has 0 aliphatic rings. The van der Waals surface area contributed by atoms with Crippen molar-refractivity contribution >= 4 is 11.8 Å². The molecule has 0 unspecified atom stereocenters. The minimum absolute atomic E-state index is 0.0115. The van der Waals surface area contributed by atoms with Crippen LogP contribution >= 0.6 is 0 Å². The summed E-state index contributed by atoms with van der Waals surface area (Å²) in [5.41, 5.74) is 3.35. The maximum atomic E-state index is 13.2. The van der Waals surface area contributed by atoms with Crippen LogP contribution in [-0.2, 0) is 27.8 Å². The number of aryl methyl sites for hydroxylation is 1. The third kappa shape index (κ3) is 8.14. The molecule has 1 atom stereocenters. The number of carbonyl (C=O) groups excluding carboxylic acids is 2. The highest BCUT2D eigenvalue weighted by atomic mass is 16.2. The Kier molecular flexibility index (Phi) is 8.65. The molecule has 0 saturated carbocycles. The predicted molar refractivity (Wildman–Crippen MR) is 133 cm³/mol. The number of benzene rings is 2. The van der Waals surface area contributed by atoms with E-state index in [9.17, 15) is 9.59 Å². The highest BCUT2D eigenvalue weighted by Gasteiger charge is 2.27. The van der Waals surface area contributed by atoms with E-state index in [1.165, 1.54) is 5.56 Å². The molecule has 1 N–H and O–H groups in total. The van der Waals surface area contributed by atoms with Gasteiger partial charge < -0.3 is 10.2 Å². The maximum Gasteiger partial charge on any atom is 0.242 e. The zero-order valence-electron chi connectivity index (χ0n) is 20.9. The molecule has 0 heterocycles. The SMILES string of the molecule is C[C@@H](C(=O)NC(C)(C)C)N(CCc1ccccc1)C(=O)CCc1ccc(C(C)(C)C)cc1. The fraction of sp³-hybridized carbons (Fsp3) is 0.500. The summed E-state index contributed by atoms with van der Waals surface area (Å²) >= 11 is 0.